The van der Waals surface area contributed by atoms with Gasteiger partial charge in [0.15, 0.2) is 6.61 Å². The smallest absolute Gasteiger partial charge is 0.279 e. The molecule has 126 valence electrons. The molecule has 1 aliphatic carbocycles. The molecule has 0 fully saturated rings. The van der Waals surface area contributed by atoms with Crippen molar-refractivity contribution in [3.05, 3.63) is 49.6 Å². The van der Waals surface area contributed by atoms with Crippen LogP contribution in [0, 0.1) is 0 Å². The number of hydrazine groups is 1. The molecule has 1 aliphatic rings. The first-order chi connectivity index (χ1) is 11.5. The van der Waals surface area contributed by atoms with Crippen LogP contribution in [0.1, 0.15) is 26.5 Å². The highest BCUT2D eigenvalue weighted by atomic mass is 35.5. The van der Waals surface area contributed by atoms with Gasteiger partial charge >= 0.3 is 0 Å². The minimum absolute atomic E-state index is 0.290. The Morgan fingerprint density at radius 3 is 2.79 bits per heavy atom. The topological polar surface area (TPSA) is 67.4 Å². The lowest BCUT2D eigenvalue weighted by molar-refractivity contribution is -0.123. The maximum absolute atomic E-state index is 12.0. The van der Waals surface area contributed by atoms with Gasteiger partial charge in [0.1, 0.15) is 5.75 Å². The van der Waals surface area contributed by atoms with Gasteiger partial charge in [-0.3, -0.25) is 20.4 Å². The Bertz CT molecular complexity index is 770. The van der Waals surface area contributed by atoms with Gasteiger partial charge in [-0.1, -0.05) is 23.2 Å². The first kappa shape index (κ1) is 17.1. The Kier molecular flexibility index (Phi) is 5.28. The molecule has 2 aromatic rings. The Morgan fingerprint density at radius 2 is 2.00 bits per heavy atom. The first-order valence-electron chi connectivity index (χ1n) is 7.31. The van der Waals surface area contributed by atoms with Crippen LogP contribution in [0.15, 0.2) is 24.3 Å². The van der Waals surface area contributed by atoms with Crippen molar-refractivity contribution in [1.29, 1.82) is 0 Å². The van der Waals surface area contributed by atoms with Crippen LogP contribution in [0.4, 0.5) is 0 Å². The second-order valence-corrected chi connectivity index (χ2v) is 7.26. The summed E-state index contributed by atoms with van der Waals surface area (Å²) in [6.07, 6.45) is 3.18. The third-order valence-corrected chi connectivity index (χ3v) is 5.32. The van der Waals surface area contributed by atoms with E-state index in [0.717, 1.165) is 19.3 Å². The number of hydrogen-bond donors (Lipinski definition) is 2. The van der Waals surface area contributed by atoms with Gasteiger partial charge in [-0.05, 0) is 43.0 Å². The Morgan fingerprint density at radius 1 is 1.17 bits per heavy atom. The van der Waals surface area contributed by atoms with Crippen LogP contribution in [0.5, 0.6) is 5.75 Å². The fourth-order valence-corrected chi connectivity index (χ4v) is 3.88. The van der Waals surface area contributed by atoms with Gasteiger partial charge in [-0.2, -0.15) is 0 Å². The zero-order chi connectivity index (χ0) is 17.1. The van der Waals surface area contributed by atoms with Gasteiger partial charge in [0.2, 0.25) is 0 Å². The number of ether oxygens (including phenoxy) is 1. The van der Waals surface area contributed by atoms with Crippen LogP contribution in [-0.2, 0) is 17.6 Å². The van der Waals surface area contributed by atoms with E-state index in [2.05, 4.69) is 10.9 Å². The van der Waals surface area contributed by atoms with Gasteiger partial charge < -0.3 is 4.74 Å². The second-order valence-electron chi connectivity index (χ2n) is 5.28. The Balaban J connectivity index is 1.48. The summed E-state index contributed by atoms with van der Waals surface area (Å²) in [6, 6.07) is 6.60. The maximum atomic E-state index is 12.0. The van der Waals surface area contributed by atoms with E-state index in [9.17, 15) is 9.59 Å². The molecular weight excluding hydrogens is 371 g/mol. The lowest BCUT2D eigenvalue weighted by Crippen LogP contribution is -2.43. The quantitative estimate of drug-likeness (QED) is 0.793. The fourth-order valence-electron chi connectivity index (χ4n) is 2.40. The number of amides is 2. The molecule has 0 saturated heterocycles. The fraction of sp³-hybridized carbons (Fsp3) is 0.250. The van der Waals surface area contributed by atoms with Crippen molar-refractivity contribution in [3.63, 3.8) is 0 Å². The van der Waals surface area contributed by atoms with Crippen LogP contribution in [-0.4, -0.2) is 18.4 Å². The summed E-state index contributed by atoms with van der Waals surface area (Å²) < 4.78 is 5.29. The molecule has 0 atom stereocenters. The number of rotatable bonds is 4. The molecule has 1 aromatic carbocycles. The molecule has 0 spiro atoms. The summed E-state index contributed by atoms with van der Waals surface area (Å²) in [5.74, 6) is -0.521. The van der Waals surface area contributed by atoms with Crippen LogP contribution in [0.2, 0.25) is 10.0 Å². The molecule has 0 unspecified atom stereocenters. The van der Waals surface area contributed by atoms with Crippen LogP contribution >= 0.6 is 34.5 Å². The number of benzene rings is 1. The highest BCUT2D eigenvalue weighted by molar-refractivity contribution is 7.14. The highest BCUT2D eigenvalue weighted by Crippen LogP contribution is 2.30. The monoisotopic (exact) mass is 384 g/mol. The SMILES string of the molecule is O=C(COc1cc(Cl)ccc1Cl)NNC(=O)c1cc2c(s1)CCC2. The summed E-state index contributed by atoms with van der Waals surface area (Å²) >= 11 is 13.2. The van der Waals surface area contributed by atoms with E-state index in [1.165, 1.54) is 27.8 Å². The average Bonchev–Trinajstić information content (AvgIpc) is 3.15. The van der Waals surface area contributed by atoms with Crippen LogP contribution in [0.3, 0.4) is 0 Å². The molecule has 1 aromatic heterocycles. The van der Waals surface area contributed by atoms with Crippen molar-refractivity contribution in [2.24, 2.45) is 0 Å². The van der Waals surface area contributed by atoms with E-state index in [1.54, 1.807) is 12.1 Å². The molecule has 0 bridgehead atoms. The van der Waals surface area contributed by atoms with E-state index >= 15 is 0 Å². The predicted octanol–water partition coefficient (Wildman–Crippen LogP) is 3.38. The van der Waals surface area contributed by atoms with Gasteiger partial charge in [0, 0.05) is 16.0 Å². The first-order valence-corrected chi connectivity index (χ1v) is 8.89. The van der Waals surface area contributed by atoms with Crippen molar-refractivity contribution in [1.82, 2.24) is 10.9 Å². The average molecular weight is 385 g/mol. The molecule has 2 N–H and O–H groups in total. The molecule has 1 heterocycles. The van der Waals surface area contributed by atoms with Gasteiger partial charge in [0.05, 0.1) is 9.90 Å². The minimum Gasteiger partial charge on any atom is -0.482 e. The van der Waals surface area contributed by atoms with Crippen LogP contribution < -0.4 is 15.6 Å². The van der Waals surface area contributed by atoms with Crippen LogP contribution in [0.25, 0.3) is 0 Å². The van der Waals surface area contributed by atoms with E-state index in [-0.39, 0.29) is 12.5 Å². The summed E-state index contributed by atoms with van der Waals surface area (Å²) in [5.41, 5.74) is 5.93. The molecule has 3 rings (SSSR count). The number of nitrogens with one attached hydrogen (secondary N) is 2. The molecule has 8 heteroatoms. The standard InChI is InChI=1S/C16H14Cl2N2O3S/c17-10-4-5-11(18)12(7-10)23-8-15(21)19-20-16(22)14-6-9-2-1-3-13(9)24-14/h4-7H,1-3,8H2,(H,19,21)(H,20,22). The van der Waals surface area contributed by atoms with E-state index < -0.39 is 5.91 Å². The molecule has 0 radical (unpaired) electrons. The zero-order valence-electron chi connectivity index (χ0n) is 12.5. The number of carbonyl (C=O) groups is 2. The molecular formula is C16H14Cl2N2O3S. The van der Waals surface area contributed by atoms with Gasteiger partial charge in [0.25, 0.3) is 11.8 Å². The number of hydrogen-bond acceptors (Lipinski definition) is 4. The number of thiophene rings is 1. The maximum Gasteiger partial charge on any atom is 0.279 e. The lowest BCUT2D eigenvalue weighted by Gasteiger charge is -2.09. The third kappa shape index (κ3) is 4.01. The lowest BCUT2D eigenvalue weighted by atomic mass is 10.2. The second kappa shape index (κ2) is 7.42. The number of aryl methyl sites for hydroxylation is 2. The zero-order valence-corrected chi connectivity index (χ0v) is 14.9. The van der Waals surface area contributed by atoms with Gasteiger partial charge in [-0.25, -0.2) is 0 Å². The molecule has 5 nitrogen and oxygen atoms in total. The van der Waals surface area contributed by atoms with Crippen molar-refractivity contribution in [3.8, 4) is 5.75 Å². The minimum atomic E-state index is -0.497. The highest BCUT2D eigenvalue weighted by Gasteiger charge is 2.18. The summed E-state index contributed by atoms with van der Waals surface area (Å²) in [6.45, 7) is -0.290. The molecule has 2 amide bonds. The molecule has 0 saturated carbocycles. The third-order valence-electron chi connectivity index (χ3n) is 3.54. The van der Waals surface area contributed by atoms with E-state index in [1.807, 2.05) is 6.07 Å². The van der Waals surface area contributed by atoms with Gasteiger partial charge in [-0.15, -0.1) is 11.3 Å². The molecule has 24 heavy (non-hydrogen) atoms. The number of halogens is 2. The number of carbonyl (C=O) groups excluding carboxylic acids is 2. The summed E-state index contributed by atoms with van der Waals surface area (Å²) in [7, 11) is 0. The summed E-state index contributed by atoms with van der Waals surface area (Å²) in [4.78, 5) is 25.6. The Hall–Kier alpha value is -1.76. The van der Waals surface area contributed by atoms with E-state index in [0.29, 0.717) is 20.7 Å². The summed E-state index contributed by atoms with van der Waals surface area (Å²) in [5, 5.41) is 0.804. The largest absolute Gasteiger partial charge is 0.482 e. The Labute approximate surface area is 152 Å². The van der Waals surface area contributed by atoms with Crippen molar-refractivity contribution in [2.45, 2.75) is 19.3 Å². The molecule has 0 aliphatic heterocycles. The van der Waals surface area contributed by atoms with Crippen molar-refractivity contribution < 1.29 is 14.3 Å². The van der Waals surface area contributed by atoms with Crippen molar-refractivity contribution >= 4 is 46.4 Å². The van der Waals surface area contributed by atoms with E-state index in [4.69, 9.17) is 27.9 Å². The van der Waals surface area contributed by atoms with Crippen molar-refractivity contribution in [2.75, 3.05) is 6.61 Å². The predicted molar refractivity (Wildman–Crippen MR) is 93.9 cm³/mol. The number of fused-ring (bicyclic) bond motifs is 1. The normalized spacial score (nSPS) is 12.6.